The quantitative estimate of drug-likeness (QED) is 0.731. The van der Waals surface area contributed by atoms with Crippen LogP contribution in [-0.4, -0.2) is 11.6 Å². The summed E-state index contributed by atoms with van der Waals surface area (Å²) in [5, 5.41) is 0. The second kappa shape index (κ2) is 4.55. The van der Waals surface area contributed by atoms with Gasteiger partial charge >= 0.3 is 4.87 Å². The Morgan fingerprint density at radius 3 is 2.67 bits per heavy atom. The lowest BCUT2D eigenvalue weighted by Gasteiger charge is -2.00. The van der Waals surface area contributed by atoms with Crippen molar-refractivity contribution in [2.45, 2.75) is 6.54 Å². The molecular formula is C10H10N2OS2. The van der Waals surface area contributed by atoms with Crippen molar-refractivity contribution in [3.8, 4) is 0 Å². The Morgan fingerprint density at radius 1 is 1.27 bits per heavy atom. The molecule has 0 radical (unpaired) electrons. The lowest BCUT2D eigenvalue weighted by Crippen LogP contribution is -2.25. The number of benzene rings is 1. The Kier molecular flexibility index (Phi) is 3.13. The second-order valence-electron chi connectivity index (χ2n) is 3.01. The molecule has 0 fully saturated rings. The minimum absolute atomic E-state index is 0.0597. The number of nitrogens with zero attached hydrogens (tertiary/aromatic N) is 2. The highest BCUT2D eigenvalue weighted by Crippen LogP contribution is 2.01. The van der Waals surface area contributed by atoms with Crippen molar-refractivity contribution in [3.63, 3.8) is 0 Å². The molecule has 5 heteroatoms. The molecule has 3 nitrogen and oxygen atoms in total. The predicted octanol–water partition coefficient (Wildman–Crippen LogP) is 1.55. The average molecular weight is 238 g/mol. The van der Waals surface area contributed by atoms with E-state index in [1.165, 1.54) is 20.7 Å². The maximum absolute atomic E-state index is 11.5. The predicted molar refractivity (Wildman–Crippen MR) is 63.5 cm³/mol. The van der Waals surface area contributed by atoms with E-state index in [0.717, 1.165) is 10.4 Å². The molecule has 0 saturated carbocycles. The van der Waals surface area contributed by atoms with E-state index < -0.39 is 0 Å². The molecule has 2 aromatic rings. The zero-order valence-corrected chi connectivity index (χ0v) is 9.85. The van der Waals surface area contributed by atoms with Crippen molar-refractivity contribution in [3.05, 3.63) is 50.4 Å². The zero-order chi connectivity index (χ0) is 10.7. The summed E-state index contributed by atoms with van der Waals surface area (Å²) in [5.74, 6) is 0. The molecule has 0 bridgehead atoms. The van der Waals surface area contributed by atoms with Crippen molar-refractivity contribution < 1.29 is 0 Å². The molecule has 2 rings (SSSR count). The van der Waals surface area contributed by atoms with Crippen molar-refractivity contribution in [1.82, 2.24) is 4.57 Å². The van der Waals surface area contributed by atoms with Crippen molar-refractivity contribution in [1.29, 1.82) is 0 Å². The molecular weight excluding hydrogens is 228 g/mol. The number of aromatic nitrogens is 1. The maximum Gasteiger partial charge on any atom is 0.319 e. The third kappa shape index (κ3) is 2.24. The highest BCUT2D eigenvalue weighted by molar-refractivity contribution is 7.67. The normalized spacial score (nSPS) is 11.9. The van der Waals surface area contributed by atoms with Crippen LogP contribution in [0.3, 0.4) is 0 Å². The summed E-state index contributed by atoms with van der Waals surface area (Å²) in [7, 11) is 4.36. The highest BCUT2D eigenvalue weighted by atomic mass is 32.9. The van der Waals surface area contributed by atoms with Gasteiger partial charge in [-0.2, -0.15) is 0 Å². The molecule has 0 aliphatic rings. The minimum Gasteiger partial charge on any atom is -0.270 e. The summed E-state index contributed by atoms with van der Waals surface area (Å²) in [6.45, 7) is 0.604. The van der Waals surface area contributed by atoms with Gasteiger partial charge in [-0.1, -0.05) is 30.3 Å². The first kappa shape index (κ1) is 10.3. The molecule has 0 aliphatic heterocycles. The third-order valence-corrected chi connectivity index (χ3v) is 4.14. The first-order valence-corrected chi connectivity index (χ1v) is 6.63. The average Bonchev–Trinajstić information content (AvgIpc) is 2.62. The highest BCUT2D eigenvalue weighted by Gasteiger charge is 2.02. The first-order chi connectivity index (χ1) is 7.31. The lowest BCUT2D eigenvalue weighted by molar-refractivity contribution is 0.747. The van der Waals surface area contributed by atoms with Gasteiger partial charge in [0.2, 0.25) is 0 Å². The third-order valence-electron chi connectivity index (χ3n) is 2.01. The topological polar surface area (TPSA) is 34.4 Å². The summed E-state index contributed by atoms with van der Waals surface area (Å²) in [6.07, 6.45) is 0. The van der Waals surface area contributed by atoms with Gasteiger partial charge in [0.1, 0.15) is 0 Å². The van der Waals surface area contributed by atoms with Crippen LogP contribution in [0, 0.1) is 0 Å². The monoisotopic (exact) mass is 238 g/mol. The van der Waals surface area contributed by atoms with Crippen LogP contribution in [0.15, 0.2) is 40.1 Å². The first-order valence-electron chi connectivity index (χ1n) is 4.48. The van der Waals surface area contributed by atoms with Crippen LogP contribution < -0.4 is 9.67 Å². The molecule has 0 saturated heterocycles. The van der Waals surface area contributed by atoms with Gasteiger partial charge in [0.25, 0.3) is 0 Å². The molecule has 1 aromatic heterocycles. The van der Waals surface area contributed by atoms with E-state index in [9.17, 15) is 4.79 Å². The van der Waals surface area contributed by atoms with Gasteiger partial charge < -0.3 is 0 Å². The maximum atomic E-state index is 11.5. The summed E-state index contributed by atoms with van der Waals surface area (Å²) in [6, 6.07) is 9.92. The summed E-state index contributed by atoms with van der Waals surface area (Å²) >= 11 is 0. The summed E-state index contributed by atoms with van der Waals surface area (Å²) < 4.78 is 1.70. The van der Waals surface area contributed by atoms with Gasteiger partial charge in [-0.15, -0.1) is 0 Å². The van der Waals surface area contributed by atoms with E-state index in [0.29, 0.717) is 6.54 Å². The molecule has 1 heterocycles. The molecule has 0 N–H and O–H groups in total. The van der Waals surface area contributed by atoms with Crippen LogP contribution in [0.5, 0.6) is 0 Å². The van der Waals surface area contributed by atoms with Crippen LogP contribution in [0.2, 0.25) is 0 Å². The molecule has 78 valence electrons. The molecule has 0 spiro atoms. The van der Waals surface area contributed by atoms with E-state index in [4.69, 9.17) is 0 Å². The van der Waals surface area contributed by atoms with Crippen molar-refractivity contribution in [2.75, 3.05) is 7.05 Å². The van der Waals surface area contributed by atoms with Crippen LogP contribution in [-0.2, 0) is 6.54 Å². The van der Waals surface area contributed by atoms with Crippen LogP contribution in [0.4, 0.5) is 0 Å². The lowest BCUT2D eigenvalue weighted by atomic mass is 10.2. The Bertz CT molecular complexity index is 551. The standard InChI is InChI=1S/C10H10N2OS2/c1-11-9-12(10(13)15-14-9)7-8-5-3-2-4-6-8/h2-6H,7H2,1H3. The Hall–Kier alpha value is -1.20. The zero-order valence-electron chi connectivity index (χ0n) is 8.21. The summed E-state index contributed by atoms with van der Waals surface area (Å²) in [4.78, 5) is 16.5. The van der Waals surface area contributed by atoms with Gasteiger partial charge in [0.05, 0.1) is 6.54 Å². The van der Waals surface area contributed by atoms with E-state index in [-0.39, 0.29) is 4.87 Å². The fraction of sp³-hybridized carbons (Fsp3) is 0.200. The van der Waals surface area contributed by atoms with E-state index in [1.54, 1.807) is 11.6 Å². The second-order valence-corrected chi connectivity index (χ2v) is 5.06. The Balaban J connectivity index is 2.41. The van der Waals surface area contributed by atoms with Gasteiger partial charge in [0.15, 0.2) is 4.80 Å². The molecule has 15 heavy (non-hydrogen) atoms. The minimum atomic E-state index is 0.0597. The molecule has 0 unspecified atom stereocenters. The number of hydrogen-bond donors (Lipinski definition) is 0. The van der Waals surface area contributed by atoms with Crippen LogP contribution in [0.25, 0.3) is 0 Å². The van der Waals surface area contributed by atoms with Gasteiger partial charge in [0, 0.05) is 7.05 Å². The molecule has 0 atom stereocenters. The van der Waals surface area contributed by atoms with E-state index >= 15 is 0 Å². The fourth-order valence-corrected chi connectivity index (χ4v) is 3.25. The van der Waals surface area contributed by atoms with Gasteiger partial charge in [-0.25, -0.2) is 0 Å². The Morgan fingerprint density at radius 2 is 2.00 bits per heavy atom. The van der Waals surface area contributed by atoms with Gasteiger partial charge in [-0.3, -0.25) is 14.4 Å². The Labute approximate surface area is 94.4 Å². The largest absolute Gasteiger partial charge is 0.319 e. The van der Waals surface area contributed by atoms with Crippen molar-refractivity contribution >= 4 is 20.7 Å². The smallest absolute Gasteiger partial charge is 0.270 e. The molecule has 0 aliphatic carbocycles. The van der Waals surface area contributed by atoms with Crippen LogP contribution in [0.1, 0.15) is 5.56 Å². The molecule has 0 amide bonds. The fourth-order valence-electron chi connectivity index (χ4n) is 1.30. The molecule has 1 aromatic carbocycles. The van der Waals surface area contributed by atoms with Crippen molar-refractivity contribution in [2.24, 2.45) is 4.99 Å². The number of rotatable bonds is 2. The van der Waals surface area contributed by atoms with Gasteiger partial charge in [-0.05, 0) is 26.2 Å². The van der Waals surface area contributed by atoms with E-state index in [2.05, 4.69) is 4.99 Å². The van der Waals surface area contributed by atoms with Crippen LogP contribution >= 0.6 is 20.7 Å². The number of hydrogen-bond acceptors (Lipinski definition) is 4. The van der Waals surface area contributed by atoms with E-state index in [1.807, 2.05) is 30.3 Å². The summed E-state index contributed by atoms with van der Waals surface area (Å²) in [5.41, 5.74) is 1.12. The SMILES string of the molecule is CN=c1ssc(=O)n1Cc1ccccc1.